The van der Waals surface area contributed by atoms with Crippen LogP contribution >= 0.6 is 0 Å². The second-order valence-corrected chi connectivity index (χ2v) is 14.8. The molecule has 0 saturated heterocycles. The molecule has 2 heterocycles. The summed E-state index contributed by atoms with van der Waals surface area (Å²) in [6.45, 7) is 4.64. The Hall–Kier alpha value is -7.75. The van der Waals surface area contributed by atoms with E-state index in [0.717, 1.165) is 72.9 Å². The highest BCUT2D eigenvalue weighted by Gasteiger charge is 2.17. The summed E-state index contributed by atoms with van der Waals surface area (Å²) >= 11 is 0. The Morgan fingerprint density at radius 3 is 1.97 bits per heavy atom. The van der Waals surface area contributed by atoms with Crippen LogP contribution in [0.3, 0.4) is 0 Å². The van der Waals surface area contributed by atoms with Gasteiger partial charge in [0.05, 0.1) is 11.4 Å². The van der Waals surface area contributed by atoms with E-state index in [1.807, 2.05) is 12.3 Å². The molecule has 7 aromatic carbocycles. The summed E-state index contributed by atoms with van der Waals surface area (Å²) < 4.78 is 0. The van der Waals surface area contributed by atoms with Crippen LogP contribution < -0.4 is 10.4 Å². The number of aromatic nitrogens is 3. The third kappa shape index (κ3) is 7.00. The van der Waals surface area contributed by atoms with Gasteiger partial charge in [0.25, 0.3) is 0 Å². The molecule has 3 nitrogen and oxygen atoms in total. The Labute approximate surface area is 344 Å². The standard InChI is InChI=1S/C56H39N3/c1-38-17-4-2-7-26-46(39-18-5-3-6-19-39)49-29-12-13-31-51(49)55(38)43-23-15-24-44(34-43)56-58-53(42-22-14-21-40(33-42)45-25-16-32-57-37-45)36-54(59-56)52-35-41-20-8-9-27-47(41)48-28-10-11-30-50(48)52/h2-25,27-37H,1,26H2/b7-2-,17-4-,49-46+,55-51?. The summed E-state index contributed by atoms with van der Waals surface area (Å²) in [5.74, 6) is 0.651. The predicted octanol–water partition coefficient (Wildman–Crippen LogP) is 12.3. The zero-order valence-electron chi connectivity index (χ0n) is 32.5. The molecule has 0 bridgehead atoms. The quantitative estimate of drug-likeness (QED) is 0.159. The summed E-state index contributed by atoms with van der Waals surface area (Å²) in [7, 11) is 0. The zero-order chi connectivity index (χ0) is 39.5. The molecular weight excluding hydrogens is 715 g/mol. The summed E-state index contributed by atoms with van der Waals surface area (Å²) in [4.78, 5) is 15.2. The first-order valence-electron chi connectivity index (χ1n) is 20.0. The molecule has 0 aliphatic heterocycles. The van der Waals surface area contributed by atoms with Crippen LogP contribution in [0.15, 0.2) is 225 Å². The van der Waals surface area contributed by atoms with E-state index in [2.05, 4.69) is 206 Å². The fourth-order valence-electron chi connectivity index (χ4n) is 8.35. The van der Waals surface area contributed by atoms with E-state index in [9.17, 15) is 0 Å². The largest absolute Gasteiger partial charge is 0.264 e. The summed E-state index contributed by atoms with van der Waals surface area (Å²) in [5.41, 5.74) is 12.4. The van der Waals surface area contributed by atoms with Crippen molar-refractivity contribution in [3.05, 3.63) is 246 Å². The lowest BCUT2D eigenvalue weighted by Crippen LogP contribution is -2.30. The van der Waals surface area contributed by atoms with Gasteiger partial charge >= 0.3 is 0 Å². The smallest absolute Gasteiger partial charge is 0.160 e. The van der Waals surface area contributed by atoms with Gasteiger partial charge < -0.3 is 0 Å². The molecule has 0 atom stereocenters. The summed E-state index contributed by atoms with van der Waals surface area (Å²) in [5, 5.41) is 7.07. The summed E-state index contributed by atoms with van der Waals surface area (Å²) in [6, 6.07) is 62.2. The Morgan fingerprint density at radius 1 is 0.458 bits per heavy atom. The molecule has 0 amide bonds. The molecule has 10 rings (SSSR count). The van der Waals surface area contributed by atoms with E-state index in [0.29, 0.717) is 5.82 Å². The molecule has 0 radical (unpaired) electrons. The highest BCUT2D eigenvalue weighted by atomic mass is 14.9. The second-order valence-electron chi connectivity index (χ2n) is 14.8. The molecule has 1 aliphatic carbocycles. The molecule has 0 spiro atoms. The van der Waals surface area contributed by atoms with Crippen molar-refractivity contribution in [2.45, 2.75) is 6.42 Å². The van der Waals surface area contributed by atoms with Crippen molar-refractivity contribution in [1.82, 2.24) is 15.0 Å². The Morgan fingerprint density at radius 2 is 1.12 bits per heavy atom. The molecule has 3 heteroatoms. The van der Waals surface area contributed by atoms with E-state index in [-0.39, 0.29) is 0 Å². The zero-order valence-corrected chi connectivity index (χ0v) is 32.5. The maximum atomic E-state index is 5.42. The first-order valence-corrected chi connectivity index (χ1v) is 20.0. The number of pyridine rings is 1. The van der Waals surface area contributed by atoms with Crippen molar-refractivity contribution in [3.63, 3.8) is 0 Å². The molecule has 59 heavy (non-hydrogen) atoms. The van der Waals surface area contributed by atoms with Crippen molar-refractivity contribution in [1.29, 1.82) is 0 Å². The minimum atomic E-state index is 0.651. The van der Waals surface area contributed by atoms with Gasteiger partial charge in [-0.05, 0) is 102 Å². The van der Waals surface area contributed by atoms with Gasteiger partial charge in [0, 0.05) is 34.6 Å². The third-order valence-corrected chi connectivity index (χ3v) is 11.2. The lowest BCUT2D eigenvalue weighted by Gasteiger charge is -2.15. The molecule has 9 aromatic rings. The molecule has 0 fully saturated rings. The van der Waals surface area contributed by atoms with Gasteiger partial charge in [0.15, 0.2) is 5.82 Å². The van der Waals surface area contributed by atoms with Gasteiger partial charge in [-0.3, -0.25) is 4.98 Å². The van der Waals surface area contributed by atoms with Crippen LogP contribution in [-0.4, -0.2) is 15.0 Å². The third-order valence-electron chi connectivity index (χ3n) is 11.2. The Kier molecular flexibility index (Phi) is 9.46. The normalized spacial score (nSPS) is 14.8. The Balaban J connectivity index is 1.22. The number of hydrogen-bond acceptors (Lipinski definition) is 3. The van der Waals surface area contributed by atoms with E-state index in [4.69, 9.17) is 9.97 Å². The first-order chi connectivity index (χ1) is 29.2. The van der Waals surface area contributed by atoms with Crippen LogP contribution in [-0.2, 0) is 0 Å². The lowest BCUT2D eigenvalue weighted by atomic mass is 9.90. The molecule has 0 unspecified atom stereocenters. The number of rotatable bonds is 6. The number of allylic oxidation sites excluding steroid dienone is 5. The average Bonchev–Trinajstić information content (AvgIpc) is 3.31. The highest BCUT2D eigenvalue weighted by Crippen LogP contribution is 2.37. The van der Waals surface area contributed by atoms with Gasteiger partial charge in [-0.15, -0.1) is 0 Å². The SMILES string of the molecule is C=C1/C=C\C=C/C/C(c2ccccc2)=c2/ccccc2=C1c1cccc(-c2nc(-c3cccc(-c4cccnc4)c3)cc(-c3cc4ccccc4c4ccccc34)n2)c1. The second kappa shape index (κ2) is 15.7. The Bertz CT molecular complexity index is 3250. The number of hydrogen-bond donors (Lipinski definition) is 0. The van der Waals surface area contributed by atoms with Crippen LogP contribution in [0.4, 0.5) is 0 Å². The van der Waals surface area contributed by atoms with Crippen LogP contribution in [0.2, 0.25) is 0 Å². The average molecular weight is 754 g/mol. The van der Waals surface area contributed by atoms with Crippen LogP contribution in [0.1, 0.15) is 17.5 Å². The maximum Gasteiger partial charge on any atom is 0.160 e. The van der Waals surface area contributed by atoms with E-state index in [1.54, 1.807) is 6.20 Å². The van der Waals surface area contributed by atoms with Crippen molar-refractivity contribution in [2.24, 2.45) is 0 Å². The highest BCUT2D eigenvalue weighted by molar-refractivity contribution is 6.13. The molecule has 2 aromatic heterocycles. The van der Waals surface area contributed by atoms with E-state index in [1.165, 1.54) is 32.5 Å². The first kappa shape index (κ1) is 35.6. The molecule has 1 aliphatic rings. The van der Waals surface area contributed by atoms with Crippen molar-refractivity contribution < 1.29 is 0 Å². The van der Waals surface area contributed by atoms with Crippen LogP contribution in [0, 0.1) is 0 Å². The van der Waals surface area contributed by atoms with Gasteiger partial charge in [-0.2, -0.15) is 0 Å². The van der Waals surface area contributed by atoms with Crippen LogP contribution in [0.25, 0.3) is 77.7 Å². The number of fused-ring (bicyclic) bond motifs is 4. The van der Waals surface area contributed by atoms with Crippen LogP contribution in [0.5, 0.6) is 0 Å². The van der Waals surface area contributed by atoms with Gasteiger partial charge in [0.1, 0.15) is 0 Å². The van der Waals surface area contributed by atoms with Gasteiger partial charge in [-0.1, -0.05) is 176 Å². The fourth-order valence-corrected chi connectivity index (χ4v) is 8.35. The lowest BCUT2D eigenvalue weighted by molar-refractivity contribution is 1.18. The monoisotopic (exact) mass is 753 g/mol. The minimum absolute atomic E-state index is 0.651. The van der Waals surface area contributed by atoms with E-state index >= 15 is 0 Å². The predicted molar refractivity (Wildman–Crippen MR) is 246 cm³/mol. The topological polar surface area (TPSA) is 38.7 Å². The van der Waals surface area contributed by atoms with Crippen molar-refractivity contribution >= 4 is 32.7 Å². The van der Waals surface area contributed by atoms with E-state index < -0.39 is 0 Å². The van der Waals surface area contributed by atoms with Gasteiger partial charge in [-0.25, -0.2) is 9.97 Å². The fraction of sp³-hybridized carbons (Fsp3) is 0.0179. The molecule has 0 N–H and O–H groups in total. The van der Waals surface area contributed by atoms with Crippen molar-refractivity contribution in [2.75, 3.05) is 0 Å². The summed E-state index contributed by atoms with van der Waals surface area (Å²) in [6.07, 6.45) is 13.1. The molecular formula is C56H39N3. The van der Waals surface area contributed by atoms with Crippen molar-refractivity contribution in [3.8, 4) is 45.0 Å². The number of benzene rings is 7. The maximum absolute atomic E-state index is 5.42. The number of nitrogens with zero attached hydrogens (tertiary/aromatic N) is 3. The molecule has 0 saturated carbocycles. The molecule has 278 valence electrons. The minimum Gasteiger partial charge on any atom is -0.264 e. The van der Waals surface area contributed by atoms with Gasteiger partial charge in [0.2, 0.25) is 0 Å².